The van der Waals surface area contributed by atoms with E-state index in [9.17, 15) is 26.7 Å². The summed E-state index contributed by atoms with van der Waals surface area (Å²) in [4.78, 5) is 17.8. The second-order valence-electron chi connectivity index (χ2n) is 7.20. The average molecular weight is 448 g/mol. The monoisotopic (exact) mass is 447 g/mol. The van der Waals surface area contributed by atoms with Crippen LogP contribution in [0.5, 0.6) is 0 Å². The number of halogens is 6. The van der Waals surface area contributed by atoms with E-state index in [2.05, 4.69) is 10.3 Å². The summed E-state index contributed by atoms with van der Waals surface area (Å²) in [5.41, 5.74) is -0.640. The molecule has 1 fully saturated rings. The van der Waals surface area contributed by atoms with E-state index >= 15 is 0 Å². The van der Waals surface area contributed by atoms with Gasteiger partial charge in [-0.3, -0.25) is 4.79 Å². The Morgan fingerprint density at radius 1 is 1.23 bits per heavy atom. The van der Waals surface area contributed by atoms with Crippen LogP contribution in [0.1, 0.15) is 40.9 Å². The molecule has 1 N–H and O–H groups in total. The van der Waals surface area contributed by atoms with Crippen molar-refractivity contribution in [1.82, 2.24) is 4.98 Å². The molecule has 0 atom stereocenters. The van der Waals surface area contributed by atoms with Gasteiger partial charge in [0.2, 0.25) is 5.92 Å². The van der Waals surface area contributed by atoms with E-state index in [0.717, 1.165) is 11.8 Å². The minimum Gasteiger partial charge on any atom is -0.369 e. The minimum atomic E-state index is -4.88. The predicted molar refractivity (Wildman–Crippen MR) is 104 cm³/mol. The Hall–Kier alpha value is -2.42. The second kappa shape index (κ2) is 8.37. The highest BCUT2D eigenvalue weighted by molar-refractivity contribution is 6.36. The number of pyridine rings is 1. The molecule has 0 bridgehead atoms. The number of carbonyl (C=O) groups is 1. The molecule has 0 spiro atoms. The summed E-state index contributed by atoms with van der Waals surface area (Å²) in [5.74, 6) is -3.74. The molecule has 1 amide bonds. The summed E-state index contributed by atoms with van der Waals surface area (Å²) in [6, 6.07) is 6.69. The predicted octanol–water partition coefficient (Wildman–Crippen LogP) is 5.94. The standard InChI is InChI=1S/C20H19ClF5N3O/c1-12-4-2-5-13(10-12)28-18(30)15-14(11-27-17(16(15)21)20(24,25)26)29-8-3-6-19(22,23)7-9-29/h2,4-5,10-11H,3,6-9H2,1H3,(H,28,30). The Kier molecular flexibility index (Phi) is 6.21. The molecule has 0 unspecified atom stereocenters. The maximum absolute atomic E-state index is 13.7. The molecule has 1 saturated heterocycles. The highest BCUT2D eigenvalue weighted by Gasteiger charge is 2.39. The first-order chi connectivity index (χ1) is 14.0. The molecule has 1 aliphatic heterocycles. The number of rotatable bonds is 3. The lowest BCUT2D eigenvalue weighted by Gasteiger charge is -2.26. The van der Waals surface area contributed by atoms with Crippen LogP contribution in [-0.4, -0.2) is 29.9 Å². The first-order valence-electron chi connectivity index (χ1n) is 9.24. The van der Waals surface area contributed by atoms with Gasteiger partial charge < -0.3 is 10.2 Å². The van der Waals surface area contributed by atoms with E-state index in [0.29, 0.717) is 5.69 Å². The van der Waals surface area contributed by atoms with Gasteiger partial charge in [-0.2, -0.15) is 13.2 Å². The van der Waals surface area contributed by atoms with E-state index in [-0.39, 0.29) is 31.6 Å². The molecule has 2 aromatic rings. The maximum atomic E-state index is 13.7. The van der Waals surface area contributed by atoms with Crippen LogP contribution < -0.4 is 10.2 Å². The number of aryl methyl sites for hydroxylation is 1. The van der Waals surface area contributed by atoms with Gasteiger partial charge in [-0.15, -0.1) is 0 Å². The van der Waals surface area contributed by atoms with Gasteiger partial charge in [-0.05, 0) is 31.0 Å². The lowest BCUT2D eigenvalue weighted by atomic mass is 10.1. The second-order valence-corrected chi connectivity index (χ2v) is 7.58. The third kappa shape index (κ3) is 5.00. The zero-order chi connectivity index (χ0) is 22.1. The number of hydrogen-bond acceptors (Lipinski definition) is 3. The molecule has 0 saturated carbocycles. The highest BCUT2D eigenvalue weighted by atomic mass is 35.5. The van der Waals surface area contributed by atoms with Crippen molar-refractivity contribution in [1.29, 1.82) is 0 Å². The first-order valence-corrected chi connectivity index (χ1v) is 9.62. The topological polar surface area (TPSA) is 45.2 Å². The molecule has 0 radical (unpaired) electrons. The number of alkyl halides is 5. The third-order valence-electron chi connectivity index (χ3n) is 4.83. The Bertz CT molecular complexity index is 949. The molecule has 1 aromatic heterocycles. The largest absolute Gasteiger partial charge is 0.434 e. The van der Waals surface area contributed by atoms with Gasteiger partial charge in [0.25, 0.3) is 5.91 Å². The van der Waals surface area contributed by atoms with E-state index < -0.39 is 40.7 Å². The van der Waals surface area contributed by atoms with Crippen molar-refractivity contribution in [2.24, 2.45) is 0 Å². The summed E-state index contributed by atoms with van der Waals surface area (Å²) < 4.78 is 67.4. The van der Waals surface area contributed by atoms with Crippen LogP contribution >= 0.6 is 11.6 Å². The van der Waals surface area contributed by atoms with Crippen LogP contribution in [-0.2, 0) is 6.18 Å². The fourth-order valence-electron chi connectivity index (χ4n) is 3.35. The van der Waals surface area contributed by atoms with Crippen LogP contribution in [0.15, 0.2) is 30.5 Å². The number of nitrogens with zero attached hydrogens (tertiary/aromatic N) is 2. The number of anilines is 2. The van der Waals surface area contributed by atoms with Crippen molar-refractivity contribution in [3.8, 4) is 0 Å². The number of hydrogen-bond donors (Lipinski definition) is 1. The zero-order valence-corrected chi connectivity index (χ0v) is 16.7. The van der Waals surface area contributed by atoms with E-state index in [1.165, 1.54) is 4.90 Å². The summed E-state index contributed by atoms with van der Waals surface area (Å²) >= 11 is 5.99. The average Bonchev–Trinajstić information content (AvgIpc) is 2.80. The van der Waals surface area contributed by atoms with Crippen LogP contribution in [0.2, 0.25) is 5.02 Å². The summed E-state index contributed by atoms with van der Waals surface area (Å²) in [7, 11) is 0. The molecule has 0 aliphatic carbocycles. The normalized spacial score (nSPS) is 16.8. The van der Waals surface area contributed by atoms with Crippen molar-refractivity contribution in [2.75, 3.05) is 23.3 Å². The Morgan fingerprint density at radius 2 is 1.97 bits per heavy atom. The van der Waals surface area contributed by atoms with Crippen molar-refractivity contribution < 1.29 is 26.7 Å². The van der Waals surface area contributed by atoms with Crippen LogP contribution in [0.4, 0.5) is 33.3 Å². The number of amides is 1. The molecule has 10 heteroatoms. The minimum absolute atomic E-state index is 0.00384. The van der Waals surface area contributed by atoms with Gasteiger partial charge >= 0.3 is 6.18 Å². The molecular weight excluding hydrogens is 429 g/mol. The van der Waals surface area contributed by atoms with E-state index in [1.807, 2.05) is 0 Å². The molecule has 4 nitrogen and oxygen atoms in total. The lowest BCUT2D eigenvalue weighted by Crippen LogP contribution is -2.29. The van der Waals surface area contributed by atoms with Gasteiger partial charge in [0, 0.05) is 31.6 Å². The van der Waals surface area contributed by atoms with Gasteiger partial charge in [-0.25, -0.2) is 13.8 Å². The number of aromatic nitrogens is 1. The summed E-state index contributed by atoms with van der Waals surface area (Å²) in [6.07, 6.45) is -4.70. The maximum Gasteiger partial charge on any atom is 0.434 e. The fraction of sp³-hybridized carbons (Fsp3) is 0.400. The third-order valence-corrected chi connectivity index (χ3v) is 5.20. The quantitative estimate of drug-likeness (QED) is 0.592. The van der Waals surface area contributed by atoms with Gasteiger partial charge in [-0.1, -0.05) is 23.7 Å². The highest BCUT2D eigenvalue weighted by Crippen LogP contribution is 2.39. The van der Waals surface area contributed by atoms with E-state index in [1.54, 1.807) is 31.2 Å². The van der Waals surface area contributed by atoms with Crippen LogP contribution in [0.3, 0.4) is 0 Å². The molecule has 162 valence electrons. The molecule has 2 heterocycles. The van der Waals surface area contributed by atoms with Gasteiger partial charge in [0.05, 0.1) is 22.5 Å². The van der Waals surface area contributed by atoms with Crippen molar-refractivity contribution in [3.05, 3.63) is 52.3 Å². The van der Waals surface area contributed by atoms with Gasteiger partial charge in [0.15, 0.2) is 5.69 Å². The van der Waals surface area contributed by atoms with Crippen molar-refractivity contribution in [2.45, 2.75) is 38.3 Å². The van der Waals surface area contributed by atoms with Crippen molar-refractivity contribution in [3.63, 3.8) is 0 Å². The Balaban J connectivity index is 2.04. The van der Waals surface area contributed by atoms with Gasteiger partial charge in [0.1, 0.15) is 0 Å². The van der Waals surface area contributed by atoms with Crippen LogP contribution in [0, 0.1) is 6.92 Å². The summed E-state index contributed by atoms with van der Waals surface area (Å²) in [5, 5.41) is 1.68. The molecule has 1 aliphatic rings. The SMILES string of the molecule is Cc1cccc(NC(=O)c2c(N3CCCC(F)(F)CC3)cnc(C(F)(F)F)c2Cl)c1. The molecule has 30 heavy (non-hydrogen) atoms. The number of carbonyl (C=O) groups excluding carboxylic acids is 1. The van der Waals surface area contributed by atoms with Crippen LogP contribution in [0.25, 0.3) is 0 Å². The van der Waals surface area contributed by atoms with Crippen molar-refractivity contribution >= 4 is 28.9 Å². The molecule has 1 aromatic carbocycles. The Labute approximate surface area is 175 Å². The molecule has 3 rings (SSSR count). The fourth-order valence-corrected chi connectivity index (χ4v) is 3.69. The Morgan fingerprint density at radius 3 is 2.63 bits per heavy atom. The number of nitrogens with one attached hydrogen (secondary N) is 1. The first kappa shape index (κ1) is 22.3. The lowest BCUT2D eigenvalue weighted by molar-refractivity contribution is -0.141. The number of benzene rings is 1. The zero-order valence-electron chi connectivity index (χ0n) is 16.0. The smallest absolute Gasteiger partial charge is 0.369 e. The van der Waals surface area contributed by atoms with E-state index in [4.69, 9.17) is 11.6 Å². The molecular formula is C20H19ClF5N3O. The summed E-state index contributed by atoms with van der Waals surface area (Å²) in [6.45, 7) is 1.80.